The molecule has 2 aromatic carbocycles. The number of halogens is 4. The van der Waals surface area contributed by atoms with Gasteiger partial charge in [-0.25, -0.2) is 8.78 Å². The van der Waals surface area contributed by atoms with Gasteiger partial charge in [-0.1, -0.05) is 32.9 Å². The van der Waals surface area contributed by atoms with Gasteiger partial charge in [0.1, 0.15) is 23.4 Å². The van der Waals surface area contributed by atoms with Crippen LogP contribution in [0.5, 0.6) is 5.75 Å². The van der Waals surface area contributed by atoms with Crippen molar-refractivity contribution >= 4 is 20.1 Å². The van der Waals surface area contributed by atoms with Crippen LogP contribution in [0.25, 0.3) is 0 Å². The maximum Gasteiger partial charge on any atom is 0.417 e. The smallest absolute Gasteiger partial charge is 0.417 e. The fourth-order valence-corrected chi connectivity index (χ4v) is 5.66. The summed E-state index contributed by atoms with van der Waals surface area (Å²) in [6.45, 7) is 10.9. The predicted octanol–water partition coefficient (Wildman–Crippen LogP) is 7.80. The third-order valence-corrected chi connectivity index (χ3v) is 12.7. The molecule has 0 amide bonds. The maximum atomic E-state index is 15.6. The molecular formula is C27H37F4NO2SSi. The summed E-state index contributed by atoms with van der Waals surface area (Å²) in [5.41, 5.74) is 0.188. The Morgan fingerprint density at radius 2 is 1.53 bits per heavy atom. The van der Waals surface area contributed by atoms with Gasteiger partial charge in [-0.2, -0.15) is 20.5 Å². The molecule has 0 radical (unpaired) electrons. The molecular weight excluding hydrogens is 506 g/mol. The van der Waals surface area contributed by atoms with Gasteiger partial charge in [-0.05, 0) is 84.6 Å². The molecule has 2 aromatic rings. The summed E-state index contributed by atoms with van der Waals surface area (Å²) >= 11 is 1.73. The van der Waals surface area contributed by atoms with Crippen LogP contribution in [0.15, 0.2) is 48.5 Å². The zero-order chi connectivity index (χ0) is 26.6. The monoisotopic (exact) mass is 543 g/mol. The highest BCUT2D eigenvalue weighted by Crippen LogP contribution is 2.38. The van der Waals surface area contributed by atoms with E-state index in [-0.39, 0.29) is 29.0 Å². The van der Waals surface area contributed by atoms with Crippen LogP contribution in [-0.2, 0) is 4.43 Å². The largest absolute Gasteiger partial charge is 0.431 e. The van der Waals surface area contributed by atoms with Gasteiger partial charge in [-0.15, -0.1) is 0 Å². The molecule has 1 aliphatic rings. The van der Waals surface area contributed by atoms with E-state index in [1.165, 1.54) is 25.0 Å². The lowest BCUT2D eigenvalue weighted by atomic mass is 10.0. The number of hydrogen-bond acceptors (Lipinski definition) is 4. The number of hydrogen-bond donors (Lipinski definition) is 1. The van der Waals surface area contributed by atoms with Gasteiger partial charge in [0, 0.05) is 11.8 Å². The summed E-state index contributed by atoms with van der Waals surface area (Å²) in [4.78, 5) is 0. The van der Waals surface area contributed by atoms with E-state index in [2.05, 4.69) is 39.2 Å². The third kappa shape index (κ3) is 8.50. The van der Waals surface area contributed by atoms with Crippen molar-refractivity contribution in [2.24, 2.45) is 5.92 Å². The molecule has 0 aromatic heterocycles. The van der Waals surface area contributed by atoms with Gasteiger partial charge in [0.25, 0.3) is 0 Å². The van der Waals surface area contributed by atoms with Crippen LogP contribution in [-0.4, -0.2) is 38.6 Å². The highest BCUT2D eigenvalue weighted by Gasteiger charge is 2.45. The number of nitrogens with one attached hydrogen (secondary N) is 1. The Morgan fingerprint density at radius 1 is 0.972 bits per heavy atom. The maximum absolute atomic E-state index is 15.6. The van der Waals surface area contributed by atoms with Crippen molar-refractivity contribution in [2.75, 3.05) is 18.1 Å². The first-order valence-corrected chi connectivity index (χ1v) is 16.4. The van der Waals surface area contributed by atoms with Crippen LogP contribution in [0.1, 0.15) is 45.2 Å². The van der Waals surface area contributed by atoms with Gasteiger partial charge in [0.05, 0.1) is 6.61 Å². The highest BCUT2D eigenvalue weighted by atomic mass is 32.2. The molecule has 3 rings (SSSR count). The van der Waals surface area contributed by atoms with Crippen molar-refractivity contribution in [3.63, 3.8) is 0 Å². The Kier molecular flexibility index (Phi) is 9.57. The van der Waals surface area contributed by atoms with E-state index in [4.69, 9.17) is 9.16 Å². The Labute approximate surface area is 217 Å². The van der Waals surface area contributed by atoms with Crippen LogP contribution in [0.4, 0.5) is 17.6 Å². The molecule has 0 aliphatic heterocycles. The summed E-state index contributed by atoms with van der Waals surface area (Å²) in [5, 5.41) is 3.06. The number of benzene rings is 2. The lowest BCUT2D eigenvalue weighted by molar-refractivity contribution is -0.202. The first-order chi connectivity index (χ1) is 16.8. The van der Waals surface area contributed by atoms with Crippen molar-refractivity contribution in [3.05, 3.63) is 65.7 Å². The molecule has 200 valence electrons. The molecule has 9 heteroatoms. The molecule has 1 aliphatic carbocycles. The minimum absolute atomic E-state index is 0.0231. The zero-order valence-electron chi connectivity index (χ0n) is 21.6. The lowest BCUT2D eigenvalue weighted by Crippen LogP contribution is -2.50. The third-order valence-electron chi connectivity index (χ3n) is 6.83. The van der Waals surface area contributed by atoms with Gasteiger partial charge in [-0.3, -0.25) is 5.32 Å². The van der Waals surface area contributed by atoms with E-state index < -0.39 is 32.1 Å². The Morgan fingerprint density at radius 3 is 2.06 bits per heavy atom. The summed E-state index contributed by atoms with van der Waals surface area (Å²) in [5.74, 6) is 1.06. The lowest BCUT2D eigenvalue weighted by Gasteiger charge is -2.38. The molecule has 36 heavy (non-hydrogen) atoms. The molecule has 0 bridgehead atoms. The zero-order valence-corrected chi connectivity index (χ0v) is 23.4. The van der Waals surface area contributed by atoms with Crippen LogP contribution < -0.4 is 10.1 Å². The van der Waals surface area contributed by atoms with Crippen molar-refractivity contribution < 1.29 is 26.7 Å². The normalized spacial score (nSPS) is 16.6. The fourth-order valence-electron chi connectivity index (χ4n) is 3.33. The van der Waals surface area contributed by atoms with Crippen molar-refractivity contribution in [2.45, 2.75) is 69.9 Å². The number of ether oxygens (including phenoxy) is 1. The van der Waals surface area contributed by atoms with E-state index >= 15 is 8.78 Å². The Hall–Kier alpha value is -1.55. The second kappa shape index (κ2) is 11.9. The standard InChI is InChI=1S/C27H37F4NO2SSi/c1-26(2,3)36(4,5)33-16-23(18-35-17-19-6-7-19)32-25(20-8-10-21(28)11-9-20)27(30,31)34-24-14-12-22(29)13-15-24/h8-15,19,23,25,32H,6-7,16-18H2,1-5H3/t23-,25+/m1/s1. The minimum atomic E-state index is -3.70. The fraction of sp³-hybridized carbons (Fsp3) is 0.556. The molecule has 1 fully saturated rings. The summed E-state index contributed by atoms with van der Waals surface area (Å²) < 4.78 is 69.6. The molecule has 0 unspecified atom stereocenters. The molecule has 0 saturated heterocycles. The topological polar surface area (TPSA) is 30.5 Å². The number of alkyl halides is 2. The van der Waals surface area contributed by atoms with E-state index in [1.807, 2.05) is 0 Å². The minimum Gasteiger partial charge on any atom is -0.431 e. The summed E-state index contributed by atoms with van der Waals surface area (Å²) in [6.07, 6.45) is -1.27. The van der Waals surface area contributed by atoms with Crippen LogP contribution in [0, 0.1) is 17.6 Å². The first kappa shape index (κ1) is 29.0. The van der Waals surface area contributed by atoms with Gasteiger partial charge in [0.15, 0.2) is 8.32 Å². The molecule has 0 heterocycles. The Bertz CT molecular complexity index is 963. The van der Waals surface area contributed by atoms with Gasteiger partial charge >= 0.3 is 6.11 Å². The molecule has 2 atom stereocenters. The summed E-state index contributed by atoms with van der Waals surface area (Å²) in [7, 11) is -2.12. The van der Waals surface area contributed by atoms with E-state index in [0.29, 0.717) is 11.7 Å². The molecule has 1 N–H and O–H groups in total. The van der Waals surface area contributed by atoms with Crippen LogP contribution >= 0.6 is 11.8 Å². The van der Waals surface area contributed by atoms with Crippen LogP contribution in [0.3, 0.4) is 0 Å². The van der Waals surface area contributed by atoms with E-state index in [0.717, 1.165) is 42.2 Å². The van der Waals surface area contributed by atoms with Gasteiger partial charge < -0.3 is 9.16 Å². The van der Waals surface area contributed by atoms with Crippen molar-refractivity contribution in [1.82, 2.24) is 5.32 Å². The summed E-state index contributed by atoms with van der Waals surface area (Å²) in [6, 6.07) is 7.46. The van der Waals surface area contributed by atoms with E-state index in [9.17, 15) is 8.78 Å². The second-order valence-electron chi connectivity index (χ2n) is 11.0. The first-order valence-electron chi connectivity index (χ1n) is 12.3. The number of thioether (sulfide) groups is 1. The van der Waals surface area contributed by atoms with Gasteiger partial charge in [0.2, 0.25) is 0 Å². The average Bonchev–Trinajstić information content (AvgIpc) is 3.61. The highest BCUT2D eigenvalue weighted by molar-refractivity contribution is 7.99. The quantitative estimate of drug-likeness (QED) is 0.206. The second-order valence-corrected chi connectivity index (χ2v) is 16.9. The van der Waals surface area contributed by atoms with Crippen molar-refractivity contribution in [3.8, 4) is 5.75 Å². The van der Waals surface area contributed by atoms with Crippen molar-refractivity contribution in [1.29, 1.82) is 0 Å². The molecule has 3 nitrogen and oxygen atoms in total. The predicted molar refractivity (Wildman–Crippen MR) is 141 cm³/mol. The molecule has 0 spiro atoms. The molecule has 1 saturated carbocycles. The average molecular weight is 544 g/mol. The SMILES string of the molecule is CC(C)(C)[Si](C)(C)OC[C@H](CSCC1CC1)N[C@@H](c1ccc(F)cc1)C(F)(F)Oc1ccc(F)cc1. The number of rotatable bonds is 13. The van der Waals surface area contributed by atoms with E-state index in [1.54, 1.807) is 11.8 Å². The Balaban J connectivity index is 1.83. The van der Waals surface area contributed by atoms with Crippen LogP contribution in [0.2, 0.25) is 18.1 Å².